The molecule has 1 aliphatic heterocycles. The first kappa shape index (κ1) is 16.0. The van der Waals surface area contributed by atoms with Crippen LogP contribution in [0.2, 0.25) is 0 Å². The van der Waals surface area contributed by atoms with Gasteiger partial charge in [-0.2, -0.15) is 4.98 Å². The van der Waals surface area contributed by atoms with Crippen LogP contribution in [0.4, 0.5) is 0 Å². The second kappa shape index (κ2) is 6.44. The van der Waals surface area contributed by atoms with Gasteiger partial charge in [-0.05, 0) is 33.0 Å². The first-order chi connectivity index (χ1) is 12.1. The third-order valence-electron chi connectivity index (χ3n) is 4.76. The fourth-order valence-electron chi connectivity index (χ4n) is 3.47. The van der Waals surface area contributed by atoms with Crippen molar-refractivity contribution >= 4 is 11.0 Å². The van der Waals surface area contributed by atoms with Crippen LogP contribution < -0.4 is 4.74 Å². The summed E-state index contributed by atoms with van der Waals surface area (Å²) >= 11 is 0. The van der Waals surface area contributed by atoms with Gasteiger partial charge < -0.3 is 14.2 Å². The minimum absolute atomic E-state index is 0.148. The fraction of sp³-hybridized carbons (Fsp3) is 0.421. The molecule has 0 fully saturated rings. The number of para-hydroxylation sites is 2. The monoisotopic (exact) mass is 337 g/mol. The van der Waals surface area contributed by atoms with E-state index in [1.807, 2.05) is 32.3 Å². The zero-order valence-electron chi connectivity index (χ0n) is 14.9. The van der Waals surface area contributed by atoms with Gasteiger partial charge in [0.1, 0.15) is 11.9 Å². The maximum atomic E-state index is 6.03. The van der Waals surface area contributed by atoms with Crippen LogP contribution in [0, 0.1) is 13.8 Å². The summed E-state index contributed by atoms with van der Waals surface area (Å²) < 4.78 is 8.24. The summed E-state index contributed by atoms with van der Waals surface area (Å²) in [5.41, 5.74) is 4.42. The molecular weight excluding hydrogens is 314 g/mol. The smallest absolute Gasteiger partial charge is 0.220 e. The number of hydrogen-bond donors (Lipinski definition) is 0. The molecule has 25 heavy (non-hydrogen) atoms. The highest BCUT2D eigenvalue weighted by Gasteiger charge is 2.27. The highest BCUT2D eigenvalue weighted by molar-refractivity contribution is 5.74. The van der Waals surface area contributed by atoms with Crippen LogP contribution >= 0.6 is 0 Å². The molecule has 0 radical (unpaired) electrons. The Morgan fingerprint density at radius 1 is 1.24 bits per heavy atom. The summed E-state index contributed by atoms with van der Waals surface area (Å²) in [6.45, 7) is 6.68. The Labute approximate surface area is 147 Å². The van der Waals surface area contributed by atoms with Crippen molar-refractivity contribution in [1.29, 1.82) is 0 Å². The SMILES string of the molecule is Cc1nc(C)c2c(n1)OC(CN(C)CCn1cnc3ccccc31)C2. The zero-order valence-corrected chi connectivity index (χ0v) is 14.9. The number of nitrogens with zero attached hydrogens (tertiary/aromatic N) is 5. The maximum Gasteiger partial charge on any atom is 0.220 e. The Morgan fingerprint density at radius 3 is 2.96 bits per heavy atom. The van der Waals surface area contributed by atoms with E-state index in [4.69, 9.17) is 4.74 Å². The summed E-state index contributed by atoms with van der Waals surface area (Å²) in [5, 5.41) is 0. The number of rotatable bonds is 5. The average molecular weight is 337 g/mol. The molecule has 0 saturated heterocycles. The second-order valence-corrected chi connectivity index (χ2v) is 6.77. The highest BCUT2D eigenvalue weighted by atomic mass is 16.5. The molecule has 6 heteroatoms. The van der Waals surface area contributed by atoms with Crippen molar-refractivity contribution < 1.29 is 4.74 Å². The molecule has 0 aliphatic carbocycles. The molecule has 1 atom stereocenters. The highest BCUT2D eigenvalue weighted by Crippen LogP contribution is 2.28. The van der Waals surface area contributed by atoms with Gasteiger partial charge >= 0.3 is 0 Å². The van der Waals surface area contributed by atoms with E-state index in [1.165, 1.54) is 5.52 Å². The minimum atomic E-state index is 0.148. The van der Waals surface area contributed by atoms with Crippen LogP contribution in [-0.2, 0) is 13.0 Å². The van der Waals surface area contributed by atoms with E-state index in [0.717, 1.165) is 54.5 Å². The van der Waals surface area contributed by atoms with Gasteiger partial charge in [-0.25, -0.2) is 9.97 Å². The van der Waals surface area contributed by atoms with Crippen molar-refractivity contribution in [3.05, 3.63) is 47.7 Å². The zero-order chi connectivity index (χ0) is 17.4. The summed E-state index contributed by atoms with van der Waals surface area (Å²) in [4.78, 5) is 15.6. The lowest BCUT2D eigenvalue weighted by molar-refractivity contribution is 0.162. The van der Waals surface area contributed by atoms with E-state index in [2.05, 4.69) is 43.6 Å². The van der Waals surface area contributed by atoms with Gasteiger partial charge in [0.2, 0.25) is 5.88 Å². The van der Waals surface area contributed by atoms with E-state index in [1.54, 1.807) is 0 Å². The number of aromatic nitrogens is 4. The Balaban J connectivity index is 1.36. The van der Waals surface area contributed by atoms with Crippen molar-refractivity contribution in [1.82, 2.24) is 24.4 Å². The molecule has 1 aliphatic rings. The molecule has 3 heterocycles. The number of imidazole rings is 1. The van der Waals surface area contributed by atoms with Crippen LogP contribution in [-0.4, -0.2) is 50.7 Å². The van der Waals surface area contributed by atoms with Crippen LogP contribution in [0.5, 0.6) is 5.88 Å². The largest absolute Gasteiger partial charge is 0.472 e. The lowest BCUT2D eigenvalue weighted by Gasteiger charge is -2.20. The molecule has 0 bridgehead atoms. The van der Waals surface area contributed by atoms with Crippen LogP contribution in [0.15, 0.2) is 30.6 Å². The molecule has 0 saturated carbocycles. The molecule has 6 nitrogen and oxygen atoms in total. The standard InChI is InChI=1S/C19H23N5O/c1-13-16-10-15(25-19(16)22-14(2)21-13)11-23(3)8-9-24-12-20-17-6-4-5-7-18(17)24/h4-7,12,15H,8-11H2,1-3H3. The third kappa shape index (κ3) is 3.22. The van der Waals surface area contributed by atoms with E-state index in [9.17, 15) is 0 Å². The Kier molecular flexibility index (Phi) is 4.13. The van der Waals surface area contributed by atoms with Gasteiger partial charge in [-0.15, -0.1) is 0 Å². The van der Waals surface area contributed by atoms with Gasteiger partial charge in [0, 0.05) is 37.3 Å². The molecule has 1 aromatic carbocycles. The van der Waals surface area contributed by atoms with E-state index in [-0.39, 0.29) is 6.10 Å². The minimum Gasteiger partial charge on any atom is -0.472 e. The molecular formula is C19H23N5O. The lowest BCUT2D eigenvalue weighted by Crippen LogP contribution is -2.34. The average Bonchev–Trinajstić information content (AvgIpc) is 3.16. The van der Waals surface area contributed by atoms with Gasteiger partial charge in [0.25, 0.3) is 0 Å². The number of hydrogen-bond acceptors (Lipinski definition) is 5. The van der Waals surface area contributed by atoms with Crippen molar-refractivity contribution in [2.75, 3.05) is 20.1 Å². The Morgan fingerprint density at radius 2 is 2.08 bits per heavy atom. The van der Waals surface area contributed by atoms with Gasteiger partial charge in [-0.1, -0.05) is 12.1 Å². The number of benzene rings is 1. The van der Waals surface area contributed by atoms with Crippen LogP contribution in [0.25, 0.3) is 11.0 Å². The van der Waals surface area contributed by atoms with Gasteiger partial charge in [0.15, 0.2) is 0 Å². The summed E-state index contributed by atoms with van der Waals surface area (Å²) in [6, 6.07) is 8.24. The summed E-state index contributed by atoms with van der Waals surface area (Å²) in [7, 11) is 2.13. The maximum absolute atomic E-state index is 6.03. The first-order valence-electron chi connectivity index (χ1n) is 8.69. The topological polar surface area (TPSA) is 56.1 Å². The molecule has 0 amide bonds. The number of fused-ring (bicyclic) bond motifs is 2. The van der Waals surface area contributed by atoms with E-state index >= 15 is 0 Å². The van der Waals surface area contributed by atoms with Crippen LogP contribution in [0.3, 0.4) is 0 Å². The Hall–Kier alpha value is -2.47. The number of likely N-dealkylation sites (N-methyl/N-ethyl adjacent to an activating group) is 1. The normalized spacial score (nSPS) is 16.4. The molecule has 4 rings (SSSR count). The van der Waals surface area contributed by atoms with E-state index < -0.39 is 0 Å². The van der Waals surface area contributed by atoms with Crippen molar-refractivity contribution in [2.45, 2.75) is 32.9 Å². The van der Waals surface area contributed by atoms with Gasteiger partial charge in [-0.3, -0.25) is 0 Å². The number of ether oxygens (including phenoxy) is 1. The fourth-order valence-corrected chi connectivity index (χ4v) is 3.47. The second-order valence-electron chi connectivity index (χ2n) is 6.77. The predicted octanol–water partition coefficient (Wildman–Crippen LogP) is 2.38. The first-order valence-corrected chi connectivity index (χ1v) is 8.69. The lowest BCUT2D eigenvalue weighted by atomic mass is 10.1. The molecule has 130 valence electrons. The van der Waals surface area contributed by atoms with Crippen LogP contribution in [0.1, 0.15) is 17.1 Å². The predicted molar refractivity (Wildman–Crippen MR) is 96.9 cm³/mol. The Bertz CT molecular complexity index is 904. The molecule has 1 unspecified atom stereocenters. The van der Waals surface area contributed by atoms with Crippen molar-refractivity contribution in [2.24, 2.45) is 0 Å². The van der Waals surface area contributed by atoms with Gasteiger partial charge in [0.05, 0.1) is 17.4 Å². The van der Waals surface area contributed by atoms with Crippen molar-refractivity contribution in [3.8, 4) is 5.88 Å². The number of aryl methyl sites for hydroxylation is 2. The quantitative estimate of drug-likeness (QED) is 0.715. The summed E-state index contributed by atoms with van der Waals surface area (Å²) in [5.74, 6) is 1.54. The summed E-state index contributed by atoms with van der Waals surface area (Å²) in [6.07, 6.45) is 2.96. The molecule has 3 aromatic rings. The van der Waals surface area contributed by atoms with Crippen molar-refractivity contribution in [3.63, 3.8) is 0 Å². The molecule has 0 spiro atoms. The molecule has 0 N–H and O–H groups in total. The third-order valence-corrected chi connectivity index (χ3v) is 4.76. The van der Waals surface area contributed by atoms with E-state index in [0.29, 0.717) is 0 Å². The molecule has 2 aromatic heterocycles.